The lowest BCUT2D eigenvalue weighted by atomic mass is 9.78. The largest absolute Gasteiger partial charge is 0.497 e. The molecule has 0 N–H and O–H groups in total. The Labute approximate surface area is 234 Å². The molecule has 1 atom stereocenters. The molecule has 2 heterocycles. The Balaban J connectivity index is 1.86. The summed E-state index contributed by atoms with van der Waals surface area (Å²) in [6.45, 7) is 9.91. The predicted molar refractivity (Wildman–Crippen MR) is 156 cm³/mol. The van der Waals surface area contributed by atoms with Crippen molar-refractivity contribution in [1.82, 2.24) is 4.98 Å². The maximum Gasteiger partial charge on any atom is 0.199 e. The number of ether oxygens (including phenoxy) is 3. The second kappa shape index (κ2) is 10.6. The van der Waals surface area contributed by atoms with Crippen LogP contribution in [-0.2, 0) is 5.60 Å². The number of para-hydroxylation sites is 1. The maximum absolute atomic E-state index is 9.20. The molecule has 1 unspecified atom stereocenters. The highest BCUT2D eigenvalue weighted by Crippen LogP contribution is 2.56. The van der Waals surface area contributed by atoms with Crippen LogP contribution < -0.4 is 19.1 Å². The highest BCUT2D eigenvalue weighted by molar-refractivity contribution is 7.12. The summed E-state index contributed by atoms with van der Waals surface area (Å²) in [5.74, 6) is 2.19. The fourth-order valence-electron chi connectivity index (χ4n) is 5.55. The molecule has 5 rings (SSSR count). The number of hydrogen-bond acceptors (Lipinski definition) is 7. The molecule has 3 aromatic carbocycles. The average molecular weight is 540 g/mol. The van der Waals surface area contributed by atoms with Gasteiger partial charge in [-0.15, -0.1) is 11.3 Å². The molecule has 0 saturated heterocycles. The fourth-order valence-corrected chi connectivity index (χ4v) is 6.64. The van der Waals surface area contributed by atoms with Crippen LogP contribution in [0.2, 0.25) is 0 Å². The fraction of sp³-hybridized carbons (Fsp3) is 0.312. The van der Waals surface area contributed by atoms with E-state index in [0.29, 0.717) is 18.7 Å². The summed E-state index contributed by atoms with van der Waals surface area (Å²) >= 11 is 1.64. The van der Waals surface area contributed by atoms with Crippen LogP contribution in [0.1, 0.15) is 45.5 Å². The van der Waals surface area contributed by atoms with Crippen LogP contribution in [0.25, 0.3) is 11.3 Å². The summed E-state index contributed by atoms with van der Waals surface area (Å²) in [5, 5.41) is 10.2. The molecule has 6 nitrogen and oxygen atoms in total. The molecular formula is C32H33N3O3S. The zero-order valence-corrected chi connectivity index (χ0v) is 24.1. The van der Waals surface area contributed by atoms with Gasteiger partial charge in [-0.05, 0) is 81.3 Å². The minimum Gasteiger partial charge on any atom is -0.497 e. The molecule has 0 amide bonds. The van der Waals surface area contributed by atoms with Crippen molar-refractivity contribution in [3.8, 4) is 34.6 Å². The number of rotatable bonds is 8. The van der Waals surface area contributed by atoms with Crippen LogP contribution in [0.5, 0.6) is 17.2 Å². The van der Waals surface area contributed by atoms with Crippen LogP contribution >= 0.6 is 11.3 Å². The highest BCUT2D eigenvalue weighted by Gasteiger charge is 2.49. The van der Waals surface area contributed by atoms with Gasteiger partial charge in [-0.3, -0.25) is 0 Å². The minimum absolute atomic E-state index is 0.475. The van der Waals surface area contributed by atoms with E-state index >= 15 is 0 Å². The second-order valence-corrected chi connectivity index (χ2v) is 10.9. The molecular weight excluding hydrogens is 506 g/mol. The summed E-state index contributed by atoms with van der Waals surface area (Å²) < 4.78 is 18.8. The van der Waals surface area contributed by atoms with Crippen molar-refractivity contribution < 1.29 is 14.2 Å². The molecule has 1 aromatic heterocycles. The number of aromatic nitrogens is 1. The lowest BCUT2D eigenvalue weighted by molar-refractivity contribution is 0.150. The number of fused-ring (bicyclic) bond motifs is 3. The third-order valence-electron chi connectivity index (χ3n) is 7.38. The molecule has 0 radical (unpaired) electrons. The number of benzene rings is 3. The van der Waals surface area contributed by atoms with Gasteiger partial charge in [0, 0.05) is 29.9 Å². The van der Waals surface area contributed by atoms with Crippen LogP contribution in [0.3, 0.4) is 0 Å². The molecule has 1 aliphatic heterocycles. The normalized spacial score (nSPS) is 15.5. The van der Waals surface area contributed by atoms with Gasteiger partial charge in [0.05, 0.1) is 47.9 Å². The Bertz CT molecular complexity index is 1570. The predicted octanol–water partition coefficient (Wildman–Crippen LogP) is 7.18. The Morgan fingerprint density at radius 2 is 1.79 bits per heavy atom. The van der Waals surface area contributed by atoms with Crippen LogP contribution in [0.4, 0.5) is 5.69 Å². The van der Waals surface area contributed by atoms with Gasteiger partial charge < -0.3 is 19.1 Å². The first-order chi connectivity index (χ1) is 18.9. The van der Waals surface area contributed by atoms with Gasteiger partial charge in [0.2, 0.25) is 0 Å². The first-order valence-corrected chi connectivity index (χ1v) is 13.9. The number of hydrogen-bond donors (Lipinski definition) is 0. The van der Waals surface area contributed by atoms with Crippen molar-refractivity contribution in [2.45, 2.75) is 39.7 Å². The smallest absolute Gasteiger partial charge is 0.199 e. The van der Waals surface area contributed by atoms with E-state index in [-0.39, 0.29) is 0 Å². The van der Waals surface area contributed by atoms with Gasteiger partial charge in [-0.25, -0.2) is 4.98 Å². The highest BCUT2D eigenvalue weighted by atomic mass is 32.1. The molecule has 4 aromatic rings. The van der Waals surface area contributed by atoms with E-state index < -0.39 is 5.60 Å². The van der Waals surface area contributed by atoms with Crippen LogP contribution in [0.15, 0.2) is 54.6 Å². The van der Waals surface area contributed by atoms with E-state index in [1.54, 1.807) is 25.6 Å². The molecule has 0 fully saturated rings. The molecule has 0 bridgehead atoms. The summed E-state index contributed by atoms with van der Waals surface area (Å²) in [6.07, 6.45) is 0.475. The molecule has 0 saturated carbocycles. The Morgan fingerprint density at radius 1 is 1.00 bits per heavy atom. The second-order valence-electron chi connectivity index (χ2n) is 9.70. The zero-order chi connectivity index (χ0) is 27.7. The topological polar surface area (TPSA) is 67.6 Å². The van der Waals surface area contributed by atoms with Gasteiger partial charge in [-0.2, -0.15) is 5.26 Å². The van der Waals surface area contributed by atoms with E-state index in [1.807, 2.05) is 43.3 Å². The van der Waals surface area contributed by atoms with Crippen molar-refractivity contribution in [3.05, 3.63) is 86.7 Å². The van der Waals surface area contributed by atoms with Gasteiger partial charge >= 0.3 is 0 Å². The SMILES string of the molecule is CCN(CCC#N)c1cc(C)c(C2(c3cc(OC)ccc3OC)Oc3ccccc3-c3nc(C)sc32)cc1C. The number of aryl methyl sites for hydroxylation is 3. The summed E-state index contributed by atoms with van der Waals surface area (Å²) in [6, 6.07) is 20.7. The molecule has 1 aliphatic rings. The molecule has 39 heavy (non-hydrogen) atoms. The van der Waals surface area contributed by atoms with Crippen LogP contribution in [0, 0.1) is 32.1 Å². The average Bonchev–Trinajstić information content (AvgIpc) is 3.36. The van der Waals surface area contributed by atoms with E-state index in [2.05, 4.69) is 49.9 Å². The zero-order valence-electron chi connectivity index (χ0n) is 23.3. The molecule has 0 spiro atoms. The van der Waals surface area contributed by atoms with E-state index in [9.17, 15) is 5.26 Å². The van der Waals surface area contributed by atoms with Crippen molar-refractivity contribution in [1.29, 1.82) is 5.26 Å². The van der Waals surface area contributed by atoms with Crippen molar-refractivity contribution in [2.24, 2.45) is 0 Å². The quantitative estimate of drug-likeness (QED) is 0.236. The summed E-state index contributed by atoms with van der Waals surface area (Å²) in [7, 11) is 3.35. The molecule has 0 aliphatic carbocycles. The Morgan fingerprint density at radius 3 is 2.51 bits per heavy atom. The summed E-state index contributed by atoms with van der Waals surface area (Å²) in [5.41, 5.74) is 6.07. The third kappa shape index (κ3) is 4.39. The third-order valence-corrected chi connectivity index (χ3v) is 8.45. The van der Waals surface area contributed by atoms with Crippen LogP contribution in [-0.4, -0.2) is 32.3 Å². The van der Waals surface area contributed by atoms with E-state index in [0.717, 1.165) is 67.1 Å². The van der Waals surface area contributed by atoms with Crippen molar-refractivity contribution in [3.63, 3.8) is 0 Å². The number of thiazole rings is 1. The molecule has 200 valence electrons. The maximum atomic E-state index is 9.20. The van der Waals surface area contributed by atoms with Crippen molar-refractivity contribution >= 4 is 17.0 Å². The minimum atomic E-state index is -1.02. The van der Waals surface area contributed by atoms with Crippen molar-refractivity contribution in [2.75, 3.05) is 32.2 Å². The van der Waals surface area contributed by atoms with Gasteiger partial charge in [0.25, 0.3) is 0 Å². The molecule has 7 heteroatoms. The number of nitriles is 1. The van der Waals surface area contributed by atoms with Gasteiger partial charge in [0.15, 0.2) is 5.60 Å². The monoisotopic (exact) mass is 539 g/mol. The lowest BCUT2D eigenvalue weighted by Gasteiger charge is -2.41. The Kier molecular flexibility index (Phi) is 7.24. The standard InChI is InChI=1S/C32H33N3O3S/c1-7-35(16-10-15-33)27-18-20(2)25(17-21(27)3)32(26-19-23(36-5)13-14-29(26)37-6)31-30(34-22(4)39-31)24-11-8-9-12-28(24)38-32/h8-9,11-14,17-19H,7,10,16H2,1-6H3. The summed E-state index contributed by atoms with van der Waals surface area (Å²) in [4.78, 5) is 8.28. The van der Waals surface area contributed by atoms with E-state index in [4.69, 9.17) is 19.2 Å². The lowest BCUT2D eigenvalue weighted by Crippen LogP contribution is -2.39. The number of nitrogens with zero attached hydrogens (tertiary/aromatic N) is 3. The first kappa shape index (κ1) is 26.6. The van der Waals surface area contributed by atoms with E-state index in [1.165, 1.54) is 0 Å². The number of anilines is 1. The first-order valence-electron chi connectivity index (χ1n) is 13.1. The van der Waals surface area contributed by atoms with Gasteiger partial charge in [0.1, 0.15) is 17.2 Å². The Hall–Kier alpha value is -4.02. The number of methoxy groups -OCH3 is 2. The van der Waals surface area contributed by atoms with Gasteiger partial charge in [-0.1, -0.05) is 12.1 Å².